The van der Waals surface area contributed by atoms with Gasteiger partial charge in [0.2, 0.25) is 0 Å². The number of rotatable bonds is 5. The van der Waals surface area contributed by atoms with Gasteiger partial charge in [-0.15, -0.1) is 0 Å². The zero-order valence-corrected chi connectivity index (χ0v) is 14.9. The molecule has 0 radical (unpaired) electrons. The molecular weight excluding hydrogens is 370 g/mol. The van der Waals surface area contributed by atoms with Crippen molar-refractivity contribution in [3.8, 4) is 0 Å². The summed E-state index contributed by atoms with van der Waals surface area (Å²) < 4.78 is 7.88. The van der Waals surface area contributed by atoms with E-state index in [9.17, 15) is 9.90 Å². The summed E-state index contributed by atoms with van der Waals surface area (Å²) in [7, 11) is 0. The molecular formula is C19H18BrNO3. The van der Waals surface area contributed by atoms with E-state index in [2.05, 4.69) is 15.9 Å². The number of esters is 1. The van der Waals surface area contributed by atoms with E-state index in [1.165, 1.54) is 0 Å². The Morgan fingerprint density at radius 3 is 2.71 bits per heavy atom. The molecule has 124 valence electrons. The number of hydrogen-bond acceptors (Lipinski definition) is 3. The predicted octanol–water partition coefficient (Wildman–Crippen LogP) is 4.05. The Balaban J connectivity index is 2.06. The lowest BCUT2D eigenvalue weighted by molar-refractivity contribution is -0.153. The van der Waals surface area contributed by atoms with Gasteiger partial charge in [-0.3, -0.25) is 0 Å². The van der Waals surface area contributed by atoms with Gasteiger partial charge in [0.15, 0.2) is 6.10 Å². The minimum Gasteiger partial charge on any atom is -0.464 e. The van der Waals surface area contributed by atoms with Gasteiger partial charge in [-0.05, 0) is 30.7 Å². The maximum atomic E-state index is 11.9. The number of hydrogen-bond donors (Lipinski definition) is 1. The van der Waals surface area contributed by atoms with E-state index in [1.54, 1.807) is 6.92 Å². The van der Waals surface area contributed by atoms with Crippen LogP contribution in [-0.2, 0) is 16.1 Å². The first kappa shape index (κ1) is 16.7. The summed E-state index contributed by atoms with van der Waals surface area (Å²) in [5.41, 5.74) is 2.66. The van der Waals surface area contributed by atoms with Gasteiger partial charge >= 0.3 is 5.97 Å². The number of fused-ring (bicyclic) bond motifs is 1. The van der Waals surface area contributed by atoms with Crippen molar-refractivity contribution in [3.63, 3.8) is 0 Å². The highest BCUT2D eigenvalue weighted by Gasteiger charge is 2.23. The first-order valence-corrected chi connectivity index (χ1v) is 8.56. The smallest absolute Gasteiger partial charge is 0.339 e. The Bertz CT molecular complexity index is 858. The highest BCUT2D eigenvalue weighted by atomic mass is 79.9. The van der Waals surface area contributed by atoms with E-state index in [1.807, 2.05) is 59.3 Å². The molecule has 24 heavy (non-hydrogen) atoms. The molecule has 1 heterocycles. The Kier molecular flexibility index (Phi) is 5.02. The van der Waals surface area contributed by atoms with Crippen LogP contribution in [0.3, 0.4) is 0 Å². The number of benzene rings is 2. The van der Waals surface area contributed by atoms with Gasteiger partial charge in [0.1, 0.15) is 0 Å². The van der Waals surface area contributed by atoms with Gasteiger partial charge in [0.25, 0.3) is 0 Å². The van der Waals surface area contributed by atoms with Crippen LogP contribution in [0.5, 0.6) is 0 Å². The third-order valence-corrected chi connectivity index (χ3v) is 4.37. The summed E-state index contributed by atoms with van der Waals surface area (Å²) in [6, 6.07) is 15.9. The molecule has 0 unspecified atom stereocenters. The second kappa shape index (κ2) is 7.20. The van der Waals surface area contributed by atoms with Crippen LogP contribution < -0.4 is 0 Å². The molecule has 3 rings (SSSR count). The largest absolute Gasteiger partial charge is 0.464 e. The Hall–Kier alpha value is -2.11. The van der Waals surface area contributed by atoms with Crippen LogP contribution in [0.15, 0.2) is 59.2 Å². The van der Waals surface area contributed by atoms with Gasteiger partial charge in [-0.1, -0.05) is 46.3 Å². The lowest BCUT2D eigenvalue weighted by Crippen LogP contribution is -2.15. The molecule has 1 N–H and O–H groups in total. The van der Waals surface area contributed by atoms with Crippen molar-refractivity contribution in [2.45, 2.75) is 19.6 Å². The SMILES string of the molecule is CCOC(=O)[C@@H](O)c1cn(Cc2ccccc2)c2ccc(Br)cc12. The van der Waals surface area contributed by atoms with Crippen molar-refractivity contribution in [2.24, 2.45) is 0 Å². The molecule has 1 atom stereocenters. The minimum absolute atomic E-state index is 0.238. The summed E-state index contributed by atoms with van der Waals surface area (Å²) in [5.74, 6) is -0.628. The second-order valence-electron chi connectivity index (χ2n) is 5.51. The Morgan fingerprint density at radius 1 is 1.25 bits per heavy atom. The van der Waals surface area contributed by atoms with E-state index < -0.39 is 12.1 Å². The standard InChI is InChI=1S/C19H18BrNO3/c1-2-24-19(23)18(22)16-12-21(11-13-6-4-3-5-7-13)17-9-8-14(20)10-15(16)17/h3-10,12,18,22H,2,11H2,1H3/t18-/m0/s1. The normalized spacial score (nSPS) is 12.3. The highest BCUT2D eigenvalue weighted by molar-refractivity contribution is 9.10. The van der Waals surface area contributed by atoms with Crippen LogP contribution in [0.4, 0.5) is 0 Å². The number of nitrogens with zero attached hydrogens (tertiary/aromatic N) is 1. The molecule has 0 aliphatic rings. The van der Waals surface area contributed by atoms with Gasteiger partial charge < -0.3 is 14.4 Å². The summed E-state index contributed by atoms with van der Waals surface area (Å²) in [6.45, 7) is 2.62. The molecule has 0 bridgehead atoms. The summed E-state index contributed by atoms with van der Waals surface area (Å²) in [5, 5.41) is 11.2. The summed E-state index contributed by atoms with van der Waals surface area (Å²) in [4.78, 5) is 11.9. The molecule has 0 saturated carbocycles. The number of halogens is 1. The zero-order chi connectivity index (χ0) is 17.1. The fourth-order valence-corrected chi connectivity index (χ4v) is 3.13. The molecule has 0 amide bonds. The maximum absolute atomic E-state index is 11.9. The van der Waals surface area contributed by atoms with Gasteiger partial charge in [-0.25, -0.2) is 4.79 Å². The topological polar surface area (TPSA) is 51.5 Å². The summed E-state index contributed by atoms with van der Waals surface area (Å²) in [6.07, 6.45) is 0.532. The molecule has 0 aliphatic heterocycles. The number of carbonyl (C=O) groups is 1. The minimum atomic E-state index is -1.29. The highest BCUT2D eigenvalue weighted by Crippen LogP contribution is 2.30. The number of aliphatic hydroxyl groups excluding tert-OH is 1. The van der Waals surface area contributed by atoms with E-state index in [4.69, 9.17) is 4.74 Å². The molecule has 0 saturated heterocycles. The number of aliphatic hydroxyl groups is 1. The molecule has 0 aliphatic carbocycles. The first-order valence-electron chi connectivity index (χ1n) is 7.77. The number of carbonyl (C=O) groups excluding carboxylic acids is 1. The maximum Gasteiger partial charge on any atom is 0.339 e. The monoisotopic (exact) mass is 387 g/mol. The number of aromatic nitrogens is 1. The molecule has 0 spiro atoms. The molecule has 1 aromatic heterocycles. The van der Waals surface area contributed by atoms with Crippen LogP contribution in [0, 0.1) is 0 Å². The fourth-order valence-electron chi connectivity index (χ4n) is 2.77. The molecule has 5 heteroatoms. The summed E-state index contributed by atoms with van der Waals surface area (Å²) >= 11 is 3.45. The fraction of sp³-hybridized carbons (Fsp3) is 0.211. The first-order chi connectivity index (χ1) is 11.6. The van der Waals surface area contributed by atoms with Crippen LogP contribution in [0.1, 0.15) is 24.2 Å². The van der Waals surface area contributed by atoms with Crippen molar-refractivity contribution >= 4 is 32.8 Å². The van der Waals surface area contributed by atoms with Crippen LogP contribution in [-0.4, -0.2) is 22.2 Å². The lowest BCUT2D eigenvalue weighted by atomic mass is 10.1. The quantitative estimate of drug-likeness (QED) is 0.671. The average Bonchev–Trinajstić information content (AvgIpc) is 2.93. The van der Waals surface area contributed by atoms with Crippen molar-refractivity contribution < 1.29 is 14.6 Å². The third kappa shape index (κ3) is 3.37. The van der Waals surface area contributed by atoms with E-state index in [-0.39, 0.29) is 6.61 Å². The molecule has 0 fully saturated rings. The van der Waals surface area contributed by atoms with Crippen molar-refractivity contribution in [1.82, 2.24) is 4.57 Å². The second-order valence-corrected chi connectivity index (χ2v) is 6.43. The Labute approximate surface area is 148 Å². The number of ether oxygens (including phenoxy) is 1. The van der Waals surface area contributed by atoms with Crippen molar-refractivity contribution in [2.75, 3.05) is 6.61 Å². The third-order valence-electron chi connectivity index (χ3n) is 3.87. The molecule has 3 aromatic rings. The van der Waals surface area contributed by atoms with Crippen LogP contribution in [0.25, 0.3) is 10.9 Å². The van der Waals surface area contributed by atoms with E-state index >= 15 is 0 Å². The van der Waals surface area contributed by atoms with Gasteiger partial charge in [-0.2, -0.15) is 0 Å². The zero-order valence-electron chi connectivity index (χ0n) is 13.3. The van der Waals surface area contributed by atoms with E-state index in [0.717, 1.165) is 20.9 Å². The van der Waals surface area contributed by atoms with Crippen LogP contribution in [0.2, 0.25) is 0 Å². The van der Waals surface area contributed by atoms with Gasteiger partial charge in [0, 0.05) is 33.7 Å². The Morgan fingerprint density at radius 2 is 2.00 bits per heavy atom. The van der Waals surface area contributed by atoms with E-state index in [0.29, 0.717) is 12.1 Å². The van der Waals surface area contributed by atoms with Crippen molar-refractivity contribution in [3.05, 3.63) is 70.3 Å². The predicted molar refractivity (Wildman–Crippen MR) is 96.8 cm³/mol. The molecule has 2 aromatic carbocycles. The van der Waals surface area contributed by atoms with Crippen molar-refractivity contribution in [1.29, 1.82) is 0 Å². The lowest BCUT2D eigenvalue weighted by Gasteiger charge is -2.08. The average molecular weight is 388 g/mol. The van der Waals surface area contributed by atoms with Gasteiger partial charge in [0.05, 0.1) is 6.61 Å². The molecule has 4 nitrogen and oxygen atoms in total. The van der Waals surface area contributed by atoms with Crippen LogP contribution >= 0.6 is 15.9 Å².